The van der Waals surface area contributed by atoms with Gasteiger partial charge in [-0.2, -0.15) is 0 Å². The summed E-state index contributed by atoms with van der Waals surface area (Å²) in [5.41, 5.74) is 5.16. The van der Waals surface area contributed by atoms with Crippen LogP contribution in [0.5, 0.6) is 0 Å². The van der Waals surface area contributed by atoms with Gasteiger partial charge in [0.15, 0.2) is 0 Å². The van der Waals surface area contributed by atoms with Crippen molar-refractivity contribution in [3.8, 4) is 11.1 Å². The number of carbonyl (C=O) groups excluding carboxylic acids is 1. The summed E-state index contributed by atoms with van der Waals surface area (Å²) in [6.45, 7) is 1.80. The largest absolute Gasteiger partial charge is 0.477 e. The molecular weight excluding hydrogens is 364 g/mol. The second kappa shape index (κ2) is 6.45. The van der Waals surface area contributed by atoms with E-state index >= 15 is 0 Å². The number of fused-ring (bicyclic) bond motifs is 1. The van der Waals surface area contributed by atoms with Crippen LogP contribution in [-0.2, 0) is 4.79 Å². The molecule has 0 saturated heterocycles. The zero-order valence-corrected chi connectivity index (χ0v) is 15.1. The number of nitrogens with one attached hydrogen (secondary N) is 2. The first-order valence-corrected chi connectivity index (χ1v) is 8.67. The van der Waals surface area contributed by atoms with Crippen LogP contribution in [0.15, 0.2) is 48.5 Å². The first-order chi connectivity index (χ1) is 12.9. The predicted octanol–water partition coefficient (Wildman–Crippen LogP) is 4.83. The Balaban J connectivity index is 1.90. The van der Waals surface area contributed by atoms with Crippen LogP contribution < -0.4 is 5.32 Å². The molecule has 0 atom stereocenters. The molecule has 0 fully saturated rings. The smallest absolute Gasteiger partial charge is 0.352 e. The number of hydrogen-bond donors (Lipinski definition) is 3. The number of H-pyrrole nitrogens is 1. The standard InChI is InChI=1S/C21H15ClN2O3/c1-11-8-18(21(26)27)23-17(11)10-15-19-14(12-4-2-5-13(22)9-12)6-3-7-16(19)24-20(15)25/h2-10,23H,1H3,(H,24,25)(H,26,27). The molecule has 0 unspecified atom stereocenters. The Kier molecular flexibility index (Phi) is 4.09. The fraction of sp³-hybridized carbons (Fsp3) is 0.0476. The molecule has 3 N–H and O–H groups in total. The number of halogens is 1. The molecule has 1 aliphatic rings. The molecule has 2 heterocycles. The van der Waals surface area contributed by atoms with Gasteiger partial charge in [-0.05, 0) is 54.0 Å². The number of carbonyl (C=O) groups is 2. The van der Waals surface area contributed by atoms with E-state index in [4.69, 9.17) is 16.7 Å². The SMILES string of the molecule is Cc1cc(C(=O)O)[nH]c1C=C1C(=O)Nc2cccc(-c3cccc(Cl)c3)c21. The van der Waals surface area contributed by atoms with Gasteiger partial charge in [0, 0.05) is 22.0 Å². The summed E-state index contributed by atoms with van der Waals surface area (Å²) < 4.78 is 0. The van der Waals surface area contributed by atoms with Crippen molar-refractivity contribution in [3.05, 3.63) is 76.1 Å². The average Bonchev–Trinajstić information content (AvgIpc) is 3.15. The molecule has 4 rings (SSSR count). The summed E-state index contributed by atoms with van der Waals surface area (Å²) in [5.74, 6) is -1.27. The number of hydrogen-bond acceptors (Lipinski definition) is 2. The van der Waals surface area contributed by atoms with Crippen molar-refractivity contribution in [2.24, 2.45) is 0 Å². The number of benzene rings is 2. The zero-order chi connectivity index (χ0) is 19.1. The Morgan fingerprint density at radius 1 is 1.15 bits per heavy atom. The van der Waals surface area contributed by atoms with Gasteiger partial charge < -0.3 is 15.4 Å². The molecule has 1 amide bonds. The van der Waals surface area contributed by atoms with Gasteiger partial charge in [-0.3, -0.25) is 4.79 Å². The summed E-state index contributed by atoms with van der Waals surface area (Å²) in [4.78, 5) is 26.6. The summed E-state index contributed by atoms with van der Waals surface area (Å²) in [7, 11) is 0. The number of rotatable bonds is 3. The number of carboxylic acid groups (broad SMARTS) is 1. The van der Waals surface area contributed by atoms with Crippen molar-refractivity contribution in [1.82, 2.24) is 4.98 Å². The molecule has 5 nitrogen and oxygen atoms in total. The minimum atomic E-state index is -1.04. The van der Waals surface area contributed by atoms with Gasteiger partial charge in [0.1, 0.15) is 5.69 Å². The van der Waals surface area contributed by atoms with E-state index in [0.717, 1.165) is 22.3 Å². The van der Waals surface area contributed by atoms with Gasteiger partial charge in [0.2, 0.25) is 0 Å². The molecule has 0 bridgehead atoms. The van der Waals surface area contributed by atoms with E-state index in [0.29, 0.717) is 22.0 Å². The lowest BCUT2D eigenvalue weighted by molar-refractivity contribution is -0.110. The molecule has 1 aromatic heterocycles. The maximum absolute atomic E-state index is 12.6. The summed E-state index contributed by atoms with van der Waals surface area (Å²) >= 11 is 6.14. The number of carboxylic acids is 1. The fourth-order valence-electron chi connectivity index (χ4n) is 3.27. The molecule has 0 saturated carbocycles. The van der Waals surface area contributed by atoms with Crippen LogP contribution in [0.25, 0.3) is 22.8 Å². The highest BCUT2D eigenvalue weighted by molar-refractivity contribution is 6.36. The maximum atomic E-state index is 12.6. The molecule has 27 heavy (non-hydrogen) atoms. The van der Waals surface area contributed by atoms with Crippen LogP contribution in [0.3, 0.4) is 0 Å². The molecule has 0 radical (unpaired) electrons. The molecule has 2 aromatic carbocycles. The van der Waals surface area contributed by atoms with Gasteiger partial charge in [-0.1, -0.05) is 35.9 Å². The van der Waals surface area contributed by atoms with Crippen molar-refractivity contribution in [2.45, 2.75) is 6.92 Å². The van der Waals surface area contributed by atoms with Crippen LogP contribution >= 0.6 is 11.6 Å². The van der Waals surface area contributed by atoms with Crippen LogP contribution in [0.2, 0.25) is 5.02 Å². The molecule has 0 spiro atoms. The Bertz CT molecular complexity index is 1130. The predicted molar refractivity (Wildman–Crippen MR) is 106 cm³/mol. The molecular formula is C21H15ClN2O3. The summed E-state index contributed by atoms with van der Waals surface area (Å²) in [5, 5.41) is 12.6. The molecule has 134 valence electrons. The van der Waals surface area contributed by atoms with E-state index < -0.39 is 5.97 Å². The third kappa shape index (κ3) is 3.02. The van der Waals surface area contributed by atoms with Crippen LogP contribution in [0.4, 0.5) is 5.69 Å². The van der Waals surface area contributed by atoms with Crippen molar-refractivity contribution >= 4 is 40.8 Å². The van der Waals surface area contributed by atoms with Gasteiger partial charge in [0.25, 0.3) is 5.91 Å². The number of aryl methyl sites for hydroxylation is 1. The van der Waals surface area contributed by atoms with E-state index in [1.165, 1.54) is 0 Å². The van der Waals surface area contributed by atoms with E-state index in [9.17, 15) is 9.59 Å². The monoisotopic (exact) mass is 378 g/mol. The van der Waals surface area contributed by atoms with Crippen LogP contribution in [0.1, 0.15) is 27.3 Å². The van der Waals surface area contributed by atoms with Gasteiger partial charge in [-0.25, -0.2) is 4.79 Å². The normalized spacial score (nSPS) is 14.3. The second-order valence-corrected chi connectivity index (χ2v) is 6.77. The minimum Gasteiger partial charge on any atom is -0.477 e. The van der Waals surface area contributed by atoms with E-state index in [-0.39, 0.29) is 11.6 Å². The highest BCUT2D eigenvalue weighted by Gasteiger charge is 2.27. The van der Waals surface area contributed by atoms with Crippen molar-refractivity contribution in [1.29, 1.82) is 0 Å². The lowest BCUT2D eigenvalue weighted by Crippen LogP contribution is -2.03. The highest BCUT2D eigenvalue weighted by atomic mass is 35.5. The number of aromatic nitrogens is 1. The minimum absolute atomic E-state index is 0.0844. The first-order valence-electron chi connectivity index (χ1n) is 8.29. The van der Waals surface area contributed by atoms with Crippen molar-refractivity contribution in [3.63, 3.8) is 0 Å². The molecule has 1 aliphatic heterocycles. The number of aromatic carboxylic acids is 1. The van der Waals surface area contributed by atoms with E-state index in [1.54, 1.807) is 25.1 Å². The Labute approximate surface area is 160 Å². The van der Waals surface area contributed by atoms with Crippen molar-refractivity contribution < 1.29 is 14.7 Å². The Morgan fingerprint density at radius 2 is 1.93 bits per heavy atom. The Morgan fingerprint density at radius 3 is 2.63 bits per heavy atom. The third-order valence-electron chi connectivity index (χ3n) is 4.54. The zero-order valence-electron chi connectivity index (χ0n) is 14.3. The van der Waals surface area contributed by atoms with Crippen LogP contribution in [0, 0.1) is 6.92 Å². The molecule has 0 aliphatic carbocycles. The topological polar surface area (TPSA) is 82.2 Å². The van der Waals surface area contributed by atoms with Gasteiger partial charge >= 0.3 is 5.97 Å². The van der Waals surface area contributed by atoms with E-state index in [2.05, 4.69) is 10.3 Å². The first kappa shape index (κ1) is 17.1. The summed E-state index contributed by atoms with van der Waals surface area (Å²) in [6, 6.07) is 14.6. The molecule has 6 heteroatoms. The van der Waals surface area contributed by atoms with Crippen LogP contribution in [-0.4, -0.2) is 22.0 Å². The lowest BCUT2D eigenvalue weighted by atomic mass is 9.94. The van der Waals surface area contributed by atoms with E-state index in [1.807, 2.05) is 36.4 Å². The third-order valence-corrected chi connectivity index (χ3v) is 4.77. The number of amides is 1. The molecule has 3 aromatic rings. The van der Waals surface area contributed by atoms with Crippen molar-refractivity contribution in [2.75, 3.05) is 5.32 Å². The number of anilines is 1. The average molecular weight is 379 g/mol. The lowest BCUT2D eigenvalue weighted by Gasteiger charge is -2.09. The maximum Gasteiger partial charge on any atom is 0.352 e. The highest BCUT2D eigenvalue weighted by Crippen LogP contribution is 2.41. The summed E-state index contributed by atoms with van der Waals surface area (Å²) in [6.07, 6.45) is 1.69. The van der Waals surface area contributed by atoms with Gasteiger partial charge in [-0.15, -0.1) is 0 Å². The second-order valence-electron chi connectivity index (χ2n) is 6.34. The van der Waals surface area contributed by atoms with Gasteiger partial charge in [0.05, 0.1) is 5.57 Å². The number of aromatic amines is 1. The Hall–Kier alpha value is -3.31. The quantitative estimate of drug-likeness (QED) is 0.570. The fourth-order valence-corrected chi connectivity index (χ4v) is 3.46.